The summed E-state index contributed by atoms with van der Waals surface area (Å²) in [6, 6.07) is 0.419. The molecule has 0 amide bonds. The van der Waals surface area contributed by atoms with Gasteiger partial charge in [0.25, 0.3) is 0 Å². The molecule has 3 unspecified atom stereocenters. The third-order valence-corrected chi connectivity index (χ3v) is 2.78. The molecule has 0 aromatic rings. The summed E-state index contributed by atoms with van der Waals surface area (Å²) in [6.45, 7) is 6.87. The molecule has 1 saturated heterocycles. The Hall–Kier alpha value is -0.120. The summed E-state index contributed by atoms with van der Waals surface area (Å²) >= 11 is 0. The molecular formula is C10H21NO2. The van der Waals surface area contributed by atoms with Crippen LogP contribution in [0.3, 0.4) is 0 Å². The van der Waals surface area contributed by atoms with Crippen molar-refractivity contribution in [3.8, 4) is 0 Å². The minimum absolute atomic E-state index is 0.283. The van der Waals surface area contributed by atoms with E-state index >= 15 is 0 Å². The average Bonchev–Trinajstić information content (AvgIpc) is 2.65. The Labute approximate surface area is 80.8 Å². The van der Waals surface area contributed by atoms with Gasteiger partial charge in [0.2, 0.25) is 0 Å². The maximum absolute atomic E-state index is 5.74. The van der Waals surface area contributed by atoms with E-state index in [2.05, 4.69) is 19.2 Å². The molecule has 0 saturated carbocycles. The molecule has 1 heterocycles. The predicted molar refractivity (Wildman–Crippen MR) is 52.9 cm³/mol. The number of rotatable bonds is 5. The second-order valence-electron chi connectivity index (χ2n) is 3.85. The third kappa shape index (κ3) is 3.63. The SMILES string of the molecule is CNC(C)C(C)OCC1CCOC1. The zero-order valence-electron chi connectivity index (χ0n) is 8.88. The van der Waals surface area contributed by atoms with E-state index in [1.54, 1.807) is 0 Å². The van der Waals surface area contributed by atoms with Gasteiger partial charge in [0.1, 0.15) is 0 Å². The Kier molecular flexibility index (Phi) is 4.70. The summed E-state index contributed by atoms with van der Waals surface area (Å²) in [5.41, 5.74) is 0. The maximum Gasteiger partial charge on any atom is 0.0697 e. The lowest BCUT2D eigenvalue weighted by Crippen LogP contribution is -2.35. The van der Waals surface area contributed by atoms with Gasteiger partial charge in [0.05, 0.1) is 19.3 Å². The lowest BCUT2D eigenvalue weighted by atomic mass is 10.1. The summed E-state index contributed by atoms with van der Waals surface area (Å²) in [6.07, 6.45) is 1.44. The van der Waals surface area contributed by atoms with E-state index in [1.165, 1.54) is 0 Å². The van der Waals surface area contributed by atoms with Crippen LogP contribution in [0.5, 0.6) is 0 Å². The molecule has 3 heteroatoms. The number of ether oxygens (including phenoxy) is 2. The van der Waals surface area contributed by atoms with Crippen molar-refractivity contribution < 1.29 is 9.47 Å². The maximum atomic E-state index is 5.74. The molecule has 3 nitrogen and oxygen atoms in total. The van der Waals surface area contributed by atoms with Crippen LogP contribution in [0.25, 0.3) is 0 Å². The standard InChI is InChI=1S/C10H21NO2/c1-8(11-3)9(2)13-7-10-4-5-12-6-10/h8-11H,4-7H2,1-3H3. The van der Waals surface area contributed by atoms with Crippen molar-refractivity contribution >= 4 is 0 Å². The Bertz CT molecular complexity index is 135. The molecule has 0 bridgehead atoms. The third-order valence-electron chi connectivity index (χ3n) is 2.78. The molecule has 1 N–H and O–H groups in total. The second kappa shape index (κ2) is 5.58. The minimum Gasteiger partial charge on any atom is -0.381 e. The molecular weight excluding hydrogens is 166 g/mol. The largest absolute Gasteiger partial charge is 0.381 e. The van der Waals surface area contributed by atoms with Gasteiger partial charge in [-0.3, -0.25) is 0 Å². The first-order valence-corrected chi connectivity index (χ1v) is 5.10. The molecule has 0 aliphatic carbocycles. The van der Waals surface area contributed by atoms with Crippen LogP contribution < -0.4 is 5.32 Å². The number of hydrogen-bond acceptors (Lipinski definition) is 3. The van der Waals surface area contributed by atoms with Crippen LogP contribution in [0.2, 0.25) is 0 Å². The van der Waals surface area contributed by atoms with E-state index in [0.29, 0.717) is 12.0 Å². The summed E-state index contributed by atoms with van der Waals surface area (Å²) in [4.78, 5) is 0. The number of likely N-dealkylation sites (N-methyl/N-ethyl adjacent to an activating group) is 1. The van der Waals surface area contributed by atoms with E-state index in [4.69, 9.17) is 9.47 Å². The van der Waals surface area contributed by atoms with Crippen LogP contribution in [0, 0.1) is 5.92 Å². The van der Waals surface area contributed by atoms with Gasteiger partial charge in [0.15, 0.2) is 0 Å². The van der Waals surface area contributed by atoms with Crippen molar-refractivity contribution in [1.29, 1.82) is 0 Å². The lowest BCUT2D eigenvalue weighted by molar-refractivity contribution is 0.0200. The summed E-state index contributed by atoms with van der Waals surface area (Å²) in [5, 5.41) is 3.18. The first-order chi connectivity index (χ1) is 6.24. The smallest absolute Gasteiger partial charge is 0.0697 e. The van der Waals surface area contributed by atoms with Crippen LogP contribution in [0.4, 0.5) is 0 Å². The summed E-state index contributed by atoms with van der Waals surface area (Å²) < 4.78 is 11.0. The first kappa shape index (κ1) is 11.0. The van der Waals surface area contributed by atoms with E-state index in [1.807, 2.05) is 7.05 Å². The fraction of sp³-hybridized carbons (Fsp3) is 1.00. The van der Waals surface area contributed by atoms with Gasteiger partial charge in [-0.25, -0.2) is 0 Å². The number of nitrogens with one attached hydrogen (secondary N) is 1. The van der Waals surface area contributed by atoms with Gasteiger partial charge in [0, 0.05) is 18.6 Å². The van der Waals surface area contributed by atoms with Gasteiger partial charge in [-0.2, -0.15) is 0 Å². The van der Waals surface area contributed by atoms with Crippen LogP contribution in [0.1, 0.15) is 20.3 Å². The van der Waals surface area contributed by atoms with Crippen molar-refractivity contribution in [2.45, 2.75) is 32.4 Å². The molecule has 1 fully saturated rings. The Morgan fingerprint density at radius 1 is 1.54 bits per heavy atom. The van der Waals surface area contributed by atoms with Gasteiger partial charge in [-0.05, 0) is 27.3 Å². The normalized spacial score (nSPS) is 27.5. The number of hydrogen-bond donors (Lipinski definition) is 1. The minimum atomic E-state index is 0.283. The molecule has 0 aromatic heterocycles. The zero-order valence-corrected chi connectivity index (χ0v) is 8.88. The van der Waals surface area contributed by atoms with Crippen LogP contribution >= 0.6 is 0 Å². The van der Waals surface area contributed by atoms with Gasteiger partial charge < -0.3 is 14.8 Å². The van der Waals surface area contributed by atoms with Crippen molar-refractivity contribution in [3.63, 3.8) is 0 Å². The first-order valence-electron chi connectivity index (χ1n) is 5.10. The molecule has 13 heavy (non-hydrogen) atoms. The van der Waals surface area contributed by atoms with Crippen molar-refractivity contribution in [2.75, 3.05) is 26.9 Å². The van der Waals surface area contributed by atoms with Crippen molar-refractivity contribution in [1.82, 2.24) is 5.32 Å². The molecule has 1 rings (SSSR count). The van der Waals surface area contributed by atoms with Gasteiger partial charge in [-0.1, -0.05) is 0 Å². The summed E-state index contributed by atoms with van der Waals surface area (Å²) in [7, 11) is 1.96. The molecule has 1 aliphatic rings. The van der Waals surface area contributed by atoms with E-state index in [0.717, 1.165) is 26.2 Å². The highest BCUT2D eigenvalue weighted by atomic mass is 16.5. The van der Waals surface area contributed by atoms with Gasteiger partial charge in [-0.15, -0.1) is 0 Å². The molecule has 0 aromatic carbocycles. The Morgan fingerprint density at radius 2 is 2.31 bits per heavy atom. The Morgan fingerprint density at radius 3 is 2.85 bits per heavy atom. The van der Waals surface area contributed by atoms with E-state index in [9.17, 15) is 0 Å². The lowest BCUT2D eigenvalue weighted by Gasteiger charge is -2.21. The van der Waals surface area contributed by atoms with Gasteiger partial charge >= 0.3 is 0 Å². The Balaban J connectivity index is 2.10. The quantitative estimate of drug-likeness (QED) is 0.697. The van der Waals surface area contributed by atoms with Crippen LogP contribution in [-0.4, -0.2) is 39.0 Å². The molecule has 78 valence electrons. The van der Waals surface area contributed by atoms with E-state index < -0.39 is 0 Å². The van der Waals surface area contributed by atoms with Crippen molar-refractivity contribution in [2.24, 2.45) is 5.92 Å². The monoisotopic (exact) mass is 187 g/mol. The highest BCUT2D eigenvalue weighted by Gasteiger charge is 2.18. The highest BCUT2D eigenvalue weighted by molar-refractivity contribution is 4.68. The van der Waals surface area contributed by atoms with Crippen molar-refractivity contribution in [3.05, 3.63) is 0 Å². The molecule has 0 spiro atoms. The zero-order chi connectivity index (χ0) is 9.68. The fourth-order valence-corrected chi connectivity index (χ4v) is 1.38. The fourth-order valence-electron chi connectivity index (χ4n) is 1.38. The second-order valence-corrected chi connectivity index (χ2v) is 3.85. The highest BCUT2D eigenvalue weighted by Crippen LogP contribution is 2.13. The molecule has 3 atom stereocenters. The van der Waals surface area contributed by atoms with Crippen LogP contribution in [0.15, 0.2) is 0 Å². The summed E-state index contributed by atoms with van der Waals surface area (Å²) in [5.74, 6) is 0.617. The van der Waals surface area contributed by atoms with E-state index in [-0.39, 0.29) is 6.10 Å². The topological polar surface area (TPSA) is 30.5 Å². The van der Waals surface area contributed by atoms with Crippen LogP contribution in [-0.2, 0) is 9.47 Å². The molecule has 0 radical (unpaired) electrons. The predicted octanol–water partition coefficient (Wildman–Crippen LogP) is 1.04. The average molecular weight is 187 g/mol. The molecule has 1 aliphatic heterocycles.